The van der Waals surface area contributed by atoms with Crippen LogP contribution in [-0.2, 0) is 4.79 Å². The lowest BCUT2D eigenvalue weighted by molar-refractivity contribution is -0.113. The predicted octanol–water partition coefficient (Wildman–Crippen LogP) is 0.453. The first kappa shape index (κ1) is 15.3. The van der Waals surface area contributed by atoms with Crippen LogP contribution in [0, 0.1) is 0 Å². The maximum atomic E-state index is 11.8. The van der Waals surface area contributed by atoms with Gasteiger partial charge in [-0.2, -0.15) is 0 Å². The summed E-state index contributed by atoms with van der Waals surface area (Å²) in [6.07, 6.45) is 9.17. The van der Waals surface area contributed by atoms with Crippen molar-refractivity contribution in [3.63, 3.8) is 0 Å². The van der Waals surface area contributed by atoms with E-state index < -0.39 is 0 Å². The Balaban J connectivity index is 1.73. The minimum Gasteiger partial charge on any atom is -0.328 e. The maximum Gasteiger partial charge on any atom is 0.266 e. The number of hydrogen-bond donors (Lipinski definition) is 1. The molecule has 5 rings (SSSR count). The minimum absolute atomic E-state index is 0.323. The number of rotatable bonds is 0. The van der Waals surface area contributed by atoms with E-state index in [1.54, 1.807) is 18.5 Å². The molecule has 8 heteroatoms. The Hall–Kier alpha value is -3.94. The molecule has 3 aliphatic rings. The Morgan fingerprint density at radius 3 is 3.04 bits per heavy atom. The molecule has 130 valence electrons. The van der Waals surface area contributed by atoms with Gasteiger partial charge in [-0.3, -0.25) is 14.8 Å². The molecule has 0 aliphatic carbocycles. The van der Waals surface area contributed by atoms with E-state index in [1.165, 1.54) is 18.7 Å². The fraction of sp³-hybridized carbons (Fsp3) is 0.0526. The number of benzene rings is 1. The smallest absolute Gasteiger partial charge is 0.266 e. The Bertz CT molecular complexity index is 1210. The number of allylic oxidation sites excluding steroid dienone is 1. The molecule has 1 amide bonds. The van der Waals surface area contributed by atoms with Gasteiger partial charge in [0.05, 0.1) is 35.1 Å². The third-order valence-electron chi connectivity index (χ3n) is 4.36. The lowest BCUT2D eigenvalue weighted by Crippen LogP contribution is -2.43. The Morgan fingerprint density at radius 1 is 1.15 bits per heavy atom. The first-order valence-corrected chi connectivity index (χ1v) is 8.34. The van der Waals surface area contributed by atoms with Crippen molar-refractivity contribution in [3.8, 4) is 0 Å². The molecule has 3 aliphatic heterocycles. The summed E-state index contributed by atoms with van der Waals surface area (Å²) in [5, 5.41) is 4.10. The number of nitrogens with zero attached hydrogens (tertiary/aromatic N) is 6. The van der Waals surface area contributed by atoms with Crippen LogP contribution in [0.4, 0.5) is 11.6 Å². The summed E-state index contributed by atoms with van der Waals surface area (Å²) in [4.78, 5) is 35.8. The lowest BCUT2D eigenvalue weighted by atomic mass is 9.94. The summed E-state index contributed by atoms with van der Waals surface area (Å²) in [5.41, 5.74) is 2.86. The third-order valence-corrected chi connectivity index (χ3v) is 4.36. The molecule has 0 fully saturated rings. The molecule has 0 unspecified atom stereocenters. The van der Waals surface area contributed by atoms with Crippen molar-refractivity contribution in [2.75, 3.05) is 11.4 Å². The van der Waals surface area contributed by atoms with Crippen LogP contribution in [0.1, 0.15) is 5.56 Å². The second-order valence-corrected chi connectivity index (χ2v) is 6.00. The highest BCUT2D eigenvalue weighted by atomic mass is 16.1. The minimum atomic E-state index is -0.323. The quantitative estimate of drug-likeness (QED) is 0.742. The number of amides is 1. The molecule has 2 aromatic rings. The SMILES string of the molecule is O=C1C=N/C=c2\ccccc2=Nc2ncnc3c2C2=C(CN23)N=CC=CN1. The molecule has 0 bridgehead atoms. The number of aliphatic imine (C=N–C) groups is 2. The predicted molar refractivity (Wildman–Crippen MR) is 102 cm³/mol. The van der Waals surface area contributed by atoms with Gasteiger partial charge in [0.2, 0.25) is 0 Å². The second kappa shape index (κ2) is 6.10. The van der Waals surface area contributed by atoms with E-state index >= 15 is 0 Å². The van der Waals surface area contributed by atoms with Crippen molar-refractivity contribution < 1.29 is 4.79 Å². The molecule has 0 saturated carbocycles. The molecule has 0 atom stereocenters. The first-order chi connectivity index (χ1) is 13.3. The number of fused-ring (bicyclic) bond motifs is 2. The van der Waals surface area contributed by atoms with Crippen molar-refractivity contribution in [1.29, 1.82) is 0 Å². The highest BCUT2D eigenvalue weighted by Crippen LogP contribution is 2.52. The van der Waals surface area contributed by atoms with E-state index in [9.17, 15) is 4.79 Å². The summed E-state index contributed by atoms with van der Waals surface area (Å²) < 4.78 is 0. The Kier molecular flexibility index (Phi) is 3.46. The van der Waals surface area contributed by atoms with E-state index in [4.69, 9.17) is 4.99 Å². The molecule has 1 N–H and O–H groups in total. The van der Waals surface area contributed by atoms with E-state index in [0.29, 0.717) is 17.7 Å². The van der Waals surface area contributed by atoms with Gasteiger partial charge in [-0.05, 0) is 12.1 Å². The summed E-state index contributed by atoms with van der Waals surface area (Å²) in [6.45, 7) is 0.701. The highest BCUT2D eigenvalue weighted by molar-refractivity contribution is 6.27. The van der Waals surface area contributed by atoms with Gasteiger partial charge < -0.3 is 10.2 Å². The molecule has 0 spiro atoms. The Morgan fingerprint density at radius 2 is 2.07 bits per heavy atom. The molecule has 0 saturated heterocycles. The normalized spacial score (nSPS) is 18.3. The van der Waals surface area contributed by atoms with E-state index in [2.05, 4.69) is 30.2 Å². The van der Waals surface area contributed by atoms with Crippen LogP contribution in [0.5, 0.6) is 0 Å². The summed E-state index contributed by atoms with van der Waals surface area (Å²) in [6, 6.07) is 7.55. The van der Waals surface area contributed by atoms with Crippen LogP contribution in [0.3, 0.4) is 0 Å². The average Bonchev–Trinajstić information content (AvgIpc) is 2.65. The van der Waals surface area contributed by atoms with Gasteiger partial charge in [-0.25, -0.2) is 15.0 Å². The van der Waals surface area contributed by atoms with Gasteiger partial charge in [0, 0.05) is 23.8 Å². The first-order valence-electron chi connectivity index (χ1n) is 8.34. The standard InChI is InChI=1S/C19H13N7O/c27-15-9-20-8-12-4-1-2-5-13(12)25-18-16-17-14(21-6-3-7-22-15)10-26(17)19(16)24-11-23-18/h1-9,11H,10H2,(H,22,27). The van der Waals surface area contributed by atoms with Gasteiger partial charge in [-0.1, -0.05) is 18.2 Å². The second-order valence-electron chi connectivity index (χ2n) is 6.00. The maximum absolute atomic E-state index is 11.8. The van der Waals surface area contributed by atoms with Gasteiger partial charge in [0.1, 0.15) is 12.1 Å². The van der Waals surface area contributed by atoms with E-state index in [0.717, 1.165) is 28.0 Å². The van der Waals surface area contributed by atoms with E-state index in [-0.39, 0.29) is 5.91 Å². The highest BCUT2D eigenvalue weighted by Gasteiger charge is 2.43. The zero-order valence-corrected chi connectivity index (χ0v) is 14.1. The zero-order valence-electron chi connectivity index (χ0n) is 14.1. The molecule has 0 radical (unpaired) electrons. The van der Waals surface area contributed by atoms with Gasteiger partial charge in [-0.15, -0.1) is 0 Å². The number of carbonyl (C=O) groups excluding carboxylic acids is 1. The summed E-state index contributed by atoms with van der Waals surface area (Å²) in [7, 11) is 0. The van der Waals surface area contributed by atoms with Gasteiger partial charge >= 0.3 is 0 Å². The number of carbonyl (C=O) groups is 1. The van der Waals surface area contributed by atoms with Gasteiger partial charge in [0.15, 0.2) is 5.82 Å². The number of anilines is 1. The number of hydrogen-bond acceptors (Lipinski definition) is 7. The third kappa shape index (κ3) is 2.54. The molecule has 8 nitrogen and oxygen atoms in total. The van der Waals surface area contributed by atoms with Crippen LogP contribution in [-0.4, -0.2) is 34.8 Å². The van der Waals surface area contributed by atoms with Crippen molar-refractivity contribution in [1.82, 2.24) is 15.3 Å². The molecule has 1 aromatic heterocycles. The van der Waals surface area contributed by atoms with Crippen molar-refractivity contribution in [2.24, 2.45) is 15.0 Å². The average molecular weight is 355 g/mol. The van der Waals surface area contributed by atoms with Crippen molar-refractivity contribution in [2.45, 2.75) is 0 Å². The lowest BCUT2D eigenvalue weighted by Gasteiger charge is -2.45. The summed E-state index contributed by atoms with van der Waals surface area (Å²) in [5.74, 6) is 1.15. The van der Waals surface area contributed by atoms with Gasteiger partial charge in [0.25, 0.3) is 5.91 Å². The summed E-state index contributed by atoms with van der Waals surface area (Å²) >= 11 is 0. The van der Waals surface area contributed by atoms with Crippen molar-refractivity contribution >= 4 is 41.9 Å². The topological polar surface area (TPSA) is 95.2 Å². The van der Waals surface area contributed by atoms with E-state index in [1.807, 2.05) is 24.3 Å². The largest absolute Gasteiger partial charge is 0.328 e. The molecule has 1 aromatic carbocycles. The number of para-hydroxylation sites is 1. The van der Waals surface area contributed by atoms with Crippen LogP contribution < -0.4 is 20.8 Å². The fourth-order valence-electron chi connectivity index (χ4n) is 3.09. The Labute approximate surface area is 153 Å². The fourth-order valence-corrected chi connectivity index (χ4v) is 3.09. The molecule has 27 heavy (non-hydrogen) atoms. The van der Waals surface area contributed by atoms with Crippen molar-refractivity contribution in [3.05, 3.63) is 64.7 Å². The number of nitrogens with one attached hydrogen (secondary N) is 1. The van der Waals surface area contributed by atoms with Crippen LogP contribution in [0.2, 0.25) is 0 Å². The van der Waals surface area contributed by atoms with Crippen LogP contribution in [0.25, 0.3) is 11.9 Å². The monoisotopic (exact) mass is 355 g/mol. The van der Waals surface area contributed by atoms with Crippen LogP contribution in [0.15, 0.2) is 63.5 Å². The molecular formula is C19H13N7O. The number of aromatic nitrogens is 2. The van der Waals surface area contributed by atoms with Crippen LogP contribution >= 0.6 is 0 Å². The molecule has 4 heterocycles. The zero-order chi connectivity index (χ0) is 18.2. The molecular weight excluding hydrogens is 342 g/mol.